The van der Waals surface area contributed by atoms with Gasteiger partial charge in [0.15, 0.2) is 0 Å². The molecule has 0 saturated carbocycles. The lowest BCUT2D eigenvalue weighted by Crippen LogP contribution is -2.21. The topological polar surface area (TPSA) is 42.1 Å². The first kappa shape index (κ1) is 12.0. The van der Waals surface area contributed by atoms with Crippen LogP contribution < -0.4 is 10.6 Å². The Labute approximate surface area is 114 Å². The van der Waals surface area contributed by atoms with Crippen molar-refractivity contribution >= 4 is 11.5 Å². The summed E-state index contributed by atoms with van der Waals surface area (Å²) in [5.41, 5.74) is 10.5. The van der Waals surface area contributed by atoms with Crippen molar-refractivity contribution in [3.63, 3.8) is 0 Å². The van der Waals surface area contributed by atoms with Crippen molar-refractivity contribution in [3.05, 3.63) is 42.1 Å². The molecule has 0 spiro atoms. The largest absolute Gasteiger partial charge is 0.382 e. The van der Waals surface area contributed by atoms with Gasteiger partial charge in [0.1, 0.15) is 12.0 Å². The van der Waals surface area contributed by atoms with Crippen molar-refractivity contribution in [1.29, 1.82) is 0 Å². The average Bonchev–Trinajstić information content (AvgIpc) is 2.94. The van der Waals surface area contributed by atoms with Crippen molar-refractivity contribution in [2.45, 2.75) is 19.8 Å². The maximum Gasteiger partial charge on any atom is 0.148 e. The Morgan fingerprint density at radius 3 is 2.53 bits per heavy atom. The minimum absolute atomic E-state index is 0.596. The summed E-state index contributed by atoms with van der Waals surface area (Å²) in [5.74, 6) is 0.596. The molecule has 3 heteroatoms. The normalized spacial score (nSPS) is 14.9. The second kappa shape index (κ2) is 4.92. The van der Waals surface area contributed by atoms with Crippen LogP contribution in [-0.2, 0) is 0 Å². The molecule has 2 heterocycles. The third-order valence-electron chi connectivity index (χ3n) is 3.75. The highest BCUT2D eigenvalue weighted by atomic mass is 15.2. The second-order valence-electron chi connectivity index (χ2n) is 5.02. The predicted octanol–water partition coefficient (Wildman–Crippen LogP) is 3.04. The maximum absolute atomic E-state index is 6.06. The molecular formula is C16H18N3. The number of pyridine rings is 1. The minimum Gasteiger partial charge on any atom is -0.382 e. The molecular weight excluding hydrogens is 234 g/mol. The van der Waals surface area contributed by atoms with Crippen molar-refractivity contribution < 1.29 is 0 Å². The molecule has 0 amide bonds. The van der Waals surface area contributed by atoms with Crippen LogP contribution in [0.4, 0.5) is 11.5 Å². The van der Waals surface area contributed by atoms with Gasteiger partial charge in [-0.1, -0.05) is 30.3 Å². The molecule has 1 radical (unpaired) electrons. The number of benzene rings is 1. The monoisotopic (exact) mass is 252 g/mol. The fourth-order valence-corrected chi connectivity index (χ4v) is 2.79. The third-order valence-corrected chi connectivity index (χ3v) is 3.75. The summed E-state index contributed by atoms with van der Waals surface area (Å²) < 4.78 is 0. The summed E-state index contributed by atoms with van der Waals surface area (Å²) in [4.78, 5) is 6.62. The van der Waals surface area contributed by atoms with Crippen LogP contribution in [0.15, 0.2) is 30.3 Å². The molecule has 0 aliphatic carbocycles. The summed E-state index contributed by atoms with van der Waals surface area (Å²) in [7, 11) is 0. The molecule has 19 heavy (non-hydrogen) atoms. The molecule has 1 aromatic carbocycles. The lowest BCUT2D eigenvalue weighted by atomic mass is 10.0. The zero-order chi connectivity index (χ0) is 13.2. The van der Waals surface area contributed by atoms with Gasteiger partial charge in [0.2, 0.25) is 0 Å². The lowest BCUT2D eigenvalue weighted by Gasteiger charge is -2.23. The molecule has 97 valence electrons. The van der Waals surface area contributed by atoms with Gasteiger partial charge < -0.3 is 10.6 Å². The zero-order valence-corrected chi connectivity index (χ0v) is 11.2. The number of hydrogen-bond donors (Lipinski definition) is 1. The number of nitrogen functional groups attached to an aromatic ring is 1. The Morgan fingerprint density at radius 2 is 1.84 bits per heavy atom. The first-order valence-electron chi connectivity index (χ1n) is 6.75. The highest BCUT2D eigenvalue weighted by Gasteiger charge is 2.20. The van der Waals surface area contributed by atoms with Crippen LogP contribution in [0.3, 0.4) is 0 Å². The molecule has 3 rings (SSSR count). The number of nitrogens with zero attached hydrogens (tertiary/aromatic N) is 2. The van der Waals surface area contributed by atoms with Gasteiger partial charge in [0, 0.05) is 18.7 Å². The summed E-state index contributed by atoms with van der Waals surface area (Å²) in [6.45, 7) is 4.26. The number of rotatable bonds is 2. The van der Waals surface area contributed by atoms with Crippen LogP contribution >= 0.6 is 0 Å². The third kappa shape index (κ3) is 2.16. The molecule has 0 bridgehead atoms. The highest BCUT2D eigenvalue weighted by Crippen LogP contribution is 2.34. The maximum atomic E-state index is 6.06. The van der Waals surface area contributed by atoms with Gasteiger partial charge in [-0.25, -0.2) is 4.98 Å². The van der Waals surface area contributed by atoms with E-state index < -0.39 is 0 Å². The Bertz CT molecular complexity index is 572. The molecule has 0 atom stereocenters. The molecule has 2 aromatic rings. The number of aromatic nitrogens is 1. The number of anilines is 2. The highest BCUT2D eigenvalue weighted by molar-refractivity contribution is 5.79. The van der Waals surface area contributed by atoms with E-state index in [9.17, 15) is 0 Å². The molecule has 1 aromatic heterocycles. The molecule has 0 unspecified atom stereocenters. The van der Waals surface area contributed by atoms with E-state index in [0.29, 0.717) is 5.82 Å². The van der Waals surface area contributed by atoms with E-state index in [1.807, 2.05) is 18.2 Å². The van der Waals surface area contributed by atoms with Gasteiger partial charge in [-0.3, -0.25) is 0 Å². The van der Waals surface area contributed by atoms with Gasteiger partial charge in [-0.05, 0) is 30.9 Å². The van der Waals surface area contributed by atoms with E-state index in [0.717, 1.165) is 29.9 Å². The van der Waals surface area contributed by atoms with Crippen molar-refractivity contribution in [2.24, 2.45) is 0 Å². The zero-order valence-electron chi connectivity index (χ0n) is 11.2. The fourth-order valence-electron chi connectivity index (χ4n) is 2.79. The summed E-state index contributed by atoms with van der Waals surface area (Å²) in [6, 6.07) is 10.3. The molecule has 3 nitrogen and oxygen atoms in total. The molecule has 1 aliphatic heterocycles. The Kier molecular flexibility index (Phi) is 3.11. The lowest BCUT2D eigenvalue weighted by molar-refractivity contribution is 0.949. The number of nitrogens with two attached hydrogens (primary N) is 1. The SMILES string of the molecule is Cc1c(-c2ccccc2)[c]nc(N)c1N1CCCC1. The van der Waals surface area contributed by atoms with Gasteiger partial charge in [-0.15, -0.1) is 0 Å². The van der Waals surface area contributed by atoms with Crippen LogP contribution in [0.1, 0.15) is 18.4 Å². The average molecular weight is 252 g/mol. The van der Waals surface area contributed by atoms with Gasteiger partial charge in [-0.2, -0.15) is 0 Å². The van der Waals surface area contributed by atoms with E-state index in [1.54, 1.807) is 0 Å². The van der Waals surface area contributed by atoms with E-state index in [4.69, 9.17) is 5.73 Å². The van der Waals surface area contributed by atoms with Crippen LogP contribution in [-0.4, -0.2) is 18.1 Å². The van der Waals surface area contributed by atoms with E-state index >= 15 is 0 Å². The molecule has 1 fully saturated rings. The Hall–Kier alpha value is -2.03. The smallest absolute Gasteiger partial charge is 0.148 e. The van der Waals surface area contributed by atoms with Crippen LogP contribution in [0.25, 0.3) is 11.1 Å². The first-order valence-corrected chi connectivity index (χ1v) is 6.75. The van der Waals surface area contributed by atoms with Gasteiger partial charge in [0.25, 0.3) is 0 Å². The van der Waals surface area contributed by atoms with Crippen molar-refractivity contribution in [2.75, 3.05) is 23.7 Å². The summed E-state index contributed by atoms with van der Waals surface area (Å²) in [6.07, 6.45) is 5.55. The van der Waals surface area contributed by atoms with E-state index in [-0.39, 0.29) is 0 Å². The van der Waals surface area contributed by atoms with Crippen LogP contribution in [0, 0.1) is 13.1 Å². The predicted molar refractivity (Wildman–Crippen MR) is 79.1 cm³/mol. The molecule has 1 aliphatic rings. The Balaban J connectivity index is 2.10. The van der Waals surface area contributed by atoms with Crippen LogP contribution in [0.5, 0.6) is 0 Å². The van der Waals surface area contributed by atoms with Crippen molar-refractivity contribution in [1.82, 2.24) is 4.98 Å². The summed E-state index contributed by atoms with van der Waals surface area (Å²) in [5, 5.41) is 0. The standard InChI is InChI=1S/C16H18N3/c1-12-14(13-7-3-2-4-8-13)11-18-16(17)15(12)19-9-5-6-10-19/h2-4,7-8H,5-6,9-10H2,1H3,(H2,17,18). The van der Waals surface area contributed by atoms with E-state index in [2.05, 4.69) is 35.1 Å². The summed E-state index contributed by atoms with van der Waals surface area (Å²) >= 11 is 0. The van der Waals surface area contributed by atoms with Gasteiger partial charge >= 0.3 is 0 Å². The van der Waals surface area contributed by atoms with Crippen molar-refractivity contribution in [3.8, 4) is 11.1 Å². The minimum atomic E-state index is 0.596. The van der Waals surface area contributed by atoms with Gasteiger partial charge in [0.05, 0.1) is 5.69 Å². The second-order valence-corrected chi connectivity index (χ2v) is 5.02. The molecule has 2 N–H and O–H groups in total. The quantitative estimate of drug-likeness (QED) is 0.893. The fraction of sp³-hybridized carbons (Fsp3) is 0.312. The van der Waals surface area contributed by atoms with Crippen LogP contribution in [0.2, 0.25) is 0 Å². The number of hydrogen-bond acceptors (Lipinski definition) is 3. The molecule has 1 saturated heterocycles. The Morgan fingerprint density at radius 1 is 1.16 bits per heavy atom. The van der Waals surface area contributed by atoms with E-state index in [1.165, 1.54) is 18.4 Å². The first-order chi connectivity index (χ1) is 9.27.